The monoisotopic (exact) mass is 309 g/mol. The summed E-state index contributed by atoms with van der Waals surface area (Å²) in [5.41, 5.74) is 2.64. The molecule has 2 rings (SSSR count). The molecule has 0 radical (unpaired) electrons. The van der Waals surface area contributed by atoms with Crippen molar-refractivity contribution in [2.75, 3.05) is 31.2 Å². The predicted molar refractivity (Wildman–Crippen MR) is 89.9 cm³/mol. The topological polar surface area (TPSA) is 32.7 Å². The molecule has 0 saturated carbocycles. The van der Waals surface area contributed by atoms with E-state index in [4.69, 9.17) is 4.74 Å². The van der Waals surface area contributed by atoms with Gasteiger partial charge in [0.1, 0.15) is 0 Å². The fourth-order valence-corrected chi connectivity index (χ4v) is 3.74. The number of aryl methyl sites for hydroxylation is 1. The molecule has 21 heavy (non-hydrogen) atoms. The molecule has 0 spiro atoms. The molecule has 4 heteroatoms. The Morgan fingerprint density at radius 1 is 1.33 bits per heavy atom. The van der Waals surface area contributed by atoms with E-state index >= 15 is 0 Å². The van der Waals surface area contributed by atoms with Gasteiger partial charge in [-0.05, 0) is 26.3 Å². The number of hydrogen-bond donors (Lipinski definition) is 1. The highest BCUT2D eigenvalue weighted by molar-refractivity contribution is 7.99. The van der Waals surface area contributed by atoms with E-state index in [9.17, 15) is 5.11 Å². The zero-order chi connectivity index (χ0) is 15.2. The Balaban J connectivity index is 1.96. The molecule has 0 aromatic heterocycles. The highest BCUT2D eigenvalue weighted by atomic mass is 32.2. The van der Waals surface area contributed by atoms with Gasteiger partial charge in [0.2, 0.25) is 0 Å². The van der Waals surface area contributed by atoms with E-state index in [1.54, 1.807) is 0 Å². The van der Waals surface area contributed by atoms with Gasteiger partial charge in [0, 0.05) is 30.6 Å². The lowest BCUT2D eigenvalue weighted by molar-refractivity contribution is -0.0127. The number of thioether (sulfide) groups is 1. The summed E-state index contributed by atoms with van der Waals surface area (Å²) >= 11 is 2.00. The summed E-state index contributed by atoms with van der Waals surface area (Å²) in [5.74, 6) is 2.24. The molecule has 1 aliphatic heterocycles. The molecule has 1 aliphatic rings. The second-order valence-corrected chi connectivity index (χ2v) is 7.18. The van der Waals surface area contributed by atoms with Crippen molar-refractivity contribution in [3.63, 3.8) is 0 Å². The van der Waals surface area contributed by atoms with Gasteiger partial charge in [-0.15, -0.1) is 0 Å². The highest BCUT2D eigenvalue weighted by Crippen LogP contribution is 2.29. The van der Waals surface area contributed by atoms with Gasteiger partial charge in [0.25, 0.3) is 0 Å². The molecule has 3 nitrogen and oxygen atoms in total. The molecule has 1 heterocycles. The van der Waals surface area contributed by atoms with E-state index < -0.39 is 6.10 Å². The van der Waals surface area contributed by atoms with Gasteiger partial charge in [0.05, 0.1) is 18.8 Å². The first kappa shape index (κ1) is 16.8. The van der Waals surface area contributed by atoms with Crippen LogP contribution in [0.2, 0.25) is 0 Å². The number of benzene rings is 1. The minimum atomic E-state index is -0.413. The number of β-amino-alcohol motifs (C(OH)–C–C–N with tert-alkyl or cyclic N) is 1. The quantitative estimate of drug-likeness (QED) is 0.876. The van der Waals surface area contributed by atoms with Crippen LogP contribution in [-0.2, 0) is 4.74 Å². The molecule has 2 atom stereocenters. The maximum Gasteiger partial charge on any atom is 0.0900 e. The Morgan fingerprint density at radius 3 is 2.71 bits per heavy atom. The van der Waals surface area contributed by atoms with Gasteiger partial charge in [-0.25, -0.2) is 0 Å². The average Bonchev–Trinajstić information content (AvgIpc) is 2.47. The van der Waals surface area contributed by atoms with E-state index in [2.05, 4.69) is 36.1 Å². The molecule has 0 amide bonds. The maximum atomic E-state index is 10.2. The van der Waals surface area contributed by atoms with Gasteiger partial charge in [-0.2, -0.15) is 11.8 Å². The van der Waals surface area contributed by atoms with Crippen molar-refractivity contribution in [1.29, 1.82) is 0 Å². The van der Waals surface area contributed by atoms with E-state index in [-0.39, 0.29) is 6.10 Å². The normalized spacial score (nSPS) is 21.7. The van der Waals surface area contributed by atoms with Crippen LogP contribution in [0.4, 0.5) is 0 Å². The molecular formula is C17H27NO2S. The lowest BCUT2D eigenvalue weighted by Gasteiger charge is -2.37. The third kappa shape index (κ3) is 5.29. The van der Waals surface area contributed by atoms with Gasteiger partial charge >= 0.3 is 0 Å². The first-order valence-electron chi connectivity index (χ1n) is 7.74. The van der Waals surface area contributed by atoms with Crippen LogP contribution in [0.25, 0.3) is 0 Å². The van der Waals surface area contributed by atoms with Gasteiger partial charge in [-0.1, -0.05) is 29.8 Å². The van der Waals surface area contributed by atoms with Gasteiger partial charge in [-0.3, -0.25) is 4.90 Å². The van der Waals surface area contributed by atoms with Gasteiger partial charge in [0.15, 0.2) is 0 Å². The standard InChI is InChI=1S/C17H27NO2S/c1-13(2)20-11-16(19)10-18-8-9-21-12-17(18)15-6-4-14(3)5-7-15/h4-7,13,16-17,19H,8-12H2,1-3H3. The van der Waals surface area contributed by atoms with Gasteiger partial charge < -0.3 is 9.84 Å². The van der Waals surface area contributed by atoms with Crippen LogP contribution in [0.15, 0.2) is 24.3 Å². The second-order valence-electron chi connectivity index (χ2n) is 6.03. The molecule has 0 bridgehead atoms. The first-order chi connectivity index (χ1) is 10.1. The summed E-state index contributed by atoms with van der Waals surface area (Å²) in [6.45, 7) is 8.25. The molecule has 118 valence electrons. The van der Waals surface area contributed by atoms with Crippen molar-refractivity contribution in [3.05, 3.63) is 35.4 Å². The van der Waals surface area contributed by atoms with E-state index in [0.717, 1.165) is 18.1 Å². The Hall–Kier alpha value is -0.550. The molecule has 2 unspecified atom stereocenters. The summed E-state index contributed by atoms with van der Waals surface area (Å²) in [4.78, 5) is 2.40. The summed E-state index contributed by atoms with van der Waals surface area (Å²) in [7, 11) is 0. The van der Waals surface area contributed by atoms with E-state index in [1.165, 1.54) is 11.1 Å². The SMILES string of the molecule is Cc1ccc(C2CSCCN2CC(O)COC(C)C)cc1. The molecule has 1 fully saturated rings. The molecule has 0 aliphatic carbocycles. The summed E-state index contributed by atoms with van der Waals surface area (Å²) < 4.78 is 5.52. The summed E-state index contributed by atoms with van der Waals surface area (Å²) in [5, 5.41) is 10.2. The lowest BCUT2D eigenvalue weighted by Crippen LogP contribution is -2.42. The number of rotatable bonds is 6. The molecule has 1 aromatic rings. The highest BCUT2D eigenvalue weighted by Gasteiger charge is 2.26. The molecule has 1 aromatic carbocycles. The van der Waals surface area contributed by atoms with Crippen molar-refractivity contribution in [2.24, 2.45) is 0 Å². The zero-order valence-corrected chi connectivity index (χ0v) is 14.1. The van der Waals surface area contributed by atoms with Crippen LogP contribution in [0.5, 0.6) is 0 Å². The van der Waals surface area contributed by atoms with Crippen LogP contribution < -0.4 is 0 Å². The van der Waals surface area contributed by atoms with Crippen molar-refractivity contribution in [2.45, 2.75) is 39.0 Å². The Kier molecular flexibility index (Phi) is 6.55. The third-order valence-electron chi connectivity index (χ3n) is 3.77. The Labute approximate surface area is 132 Å². The second kappa shape index (κ2) is 8.18. The first-order valence-corrected chi connectivity index (χ1v) is 8.89. The number of ether oxygens (including phenoxy) is 1. The zero-order valence-electron chi connectivity index (χ0n) is 13.3. The number of hydrogen-bond acceptors (Lipinski definition) is 4. The van der Waals surface area contributed by atoms with Crippen LogP contribution in [0.1, 0.15) is 31.0 Å². The largest absolute Gasteiger partial charge is 0.389 e. The lowest BCUT2D eigenvalue weighted by atomic mass is 10.0. The minimum absolute atomic E-state index is 0.171. The van der Waals surface area contributed by atoms with Crippen molar-refractivity contribution in [1.82, 2.24) is 4.90 Å². The summed E-state index contributed by atoms with van der Waals surface area (Å²) in [6, 6.07) is 9.18. The van der Waals surface area contributed by atoms with Crippen molar-refractivity contribution >= 4 is 11.8 Å². The molecule has 1 N–H and O–H groups in total. The van der Waals surface area contributed by atoms with Crippen LogP contribution in [0.3, 0.4) is 0 Å². The summed E-state index contributed by atoms with van der Waals surface area (Å²) in [6.07, 6.45) is -0.243. The van der Waals surface area contributed by atoms with Crippen molar-refractivity contribution < 1.29 is 9.84 Å². The number of aliphatic hydroxyl groups is 1. The Bertz CT molecular complexity index is 421. The fourth-order valence-electron chi connectivity index (χ4n) is 2.58. The smallest absolute Gasteiger partial charge is 0.0900 e. The minimum Gasteiger partial charge on any atom is -0.389 e. The van der Waals surface area contributed by atoms with Crippen LogP contribution in [-0.4, -0.2) is 53.4 Å². The average molecular weight is 309 g/mol. The number of aliphatic hydroxyl groups excluding tert-OH is 1. The predicted octanol–water partition coefficient (Wildman–Crippen LogP) is 2.87. The van der Waals surface area contributed by atoms with Crippen LogP contribution in [0, 0.1) is 6.92 Å². The van der Waals surface area contributed by atoms with Crippen LogP contribution >= 0.6 is 11.8 Å². The number of nitrogens with zero attached hydrogens (tertiary/aromatic N) is 1. The third-order valence-corrected chi connectivity index (χ3v) is 4.79. The van der Waals surface area contributed by atoms with E-state index in [0.29, 0.717) is 19.2 Å². The molecule has 1 saturated heterocycles. The Morgan fingerprint density at radius 2 is 2.05 bits per heavy atom. The fraction of sp³-hybridized carbons (Fsp3) is 0.647. The van der Waals surface area contributed by atoms with E-state index in [1.807, 2.05) is 25.6 Å². The van der Waals surface area contributed by atoms with Crippen molar-refractivity contribution in [3.8, 4) is 0 Å². The molecular weight excluding hydrogens is 282 g/mol. The maximum absolute atomic E-state index is 10.2.